The van der Waals surface area contributed by atoms with Crippen LogP contribution in [0.3, 0.4) is 0 Å². The van der Waals surface area contributed by atoms with Crippen molar-refractivity contribution in [1.82, 2.24) is 9.78 Å². The first-order valence-electron chi connectivity index (χ1n) is 8.05. The van der Waals surface area contributed by atoms with Crippen LogP contribution in [0.25, 0.3) is 0 Å². The highest BCUT2D eigenvalue weighted by Crippen LogP contribution is 2.50. The lowest BCUT2D eigenvalue weighted by Gasteiger charge is -2.28. The summed E-state index contributed by atoms with van der Waals surface area (Å²) in [5.74, 6) is -1.18. The Kier molecular flexibility index (Phi) is 3.93. The van der Waals surface area contributed by atoms with Gasteiger partial charge in [-0.05, 0) is 34.9 Å². The quantitative estimate of drug-likeness (QED) is 0.754. The second kappa shape index (κ2) is 5.61. The smallest absolute Gasteiger partial charge is 0.275 e. The molecule has 134 valence electrons. The average molecular weight is 351 g/mol. The van der Waals surface area contributed by atoms with E-state index < -0.39 is 12.2 Å². The molecule has 2 aromatic rings. The van der Waals surface area contributed by atoms with E-state index in [0.717, 1.165) is 18.2 Å². The predicted molar refractivity (Wildman–Crippen MR) is 88.6 cm³/mol. The molecule has 25 heavy (non-hydrogen) atoms. The van der Waals surface area contributed by atoms with Crippen LogP contribution >= 0.6 is 0 Å². The summed E-state index contributed by atoms with van der Waals surface area (Å²) in [6.45, 7) is 5.93. The van der Waals surface area contributed by atoms with Crippen LogP contribution in [-0.2, 0) is 12.5 Å². The van der Waals surface area contributed by atoms with Crippen molar-refractivity contribution in [2.45, 2.75) is 44.8 Å². The molecule has 1 aliphatic carbocycles. The fourth-order valence-corrected chi connectivity index (χ4v) is 3.86. The van der Waals surface area contributed by atoms with Gasteiger partial charge in [-0.25, -0.2) is 4.90 Å². The maximum Gasteiger partial charge on any atom is 0.491 e. The fraction of sp³-hybridized carbons (Fsp3) is 0.444. The molecule has 1 aromatic heterocycles. The third-order valence-corrected chi connectivity index (χ3v) is 4.77. The number of benzene rings is 1. The molecule has 1 unspecified atom stereocenters. The van der Waals surface area contributed by atoms with Crippen molar-refractivity contribution >= 4 is 11.6 Å². The number of fused-ring (bicyclic) bond motifs is 1. The van der Waals surface area contributed by atoms with Crippen LogP contribution in [0, 0.1) is 0 Å². The molecule has 4 nitrogen and oxygen atoms in total. The Morgan fingerprint density at radius 1 is 1.36 bits per heavy atom. The number of rotatable bonds is 2. The first kappa shape index (κ1) is 17.5. The minimum absolute atomic E-state index is 0.0548. The lowest BCUT2D eigenvalue weighted by Crippen LogP contribution is -2.43. The number of alkyl halides is 3. The molecule has 0 radical (unpaired) electrons. The zero-order chi connectivity index (χ0) is 18.6. The number of nitrogens with zero attached hydrogens (tertiary/aromatic N) is 3. The molecule has 7 heteroatoms. The molecule has 1 amide bonds. The van der Waals surface area contributed by atoms with E-state index >= 15 is 0 Å². The lowest BCUT2D eigenvalue weighted by molar-refractivity contribution is -0.122. The van der Waals surface area contributed by atoms with E-state index in [0.29, 0.717) is 5.56 Å². The number of carbonyl (C=O) groups excluding carboxylic acids is 1. The lowest BCUT2D eigenvalue weighted by atomic mass is 9.86. The molecular formula is C18H20F3N3O. The van der Waals surface area contributed by atoms with E-state index in [1.54, 1.807) is 13.1 Å². The van der Waals surface area contributed by atoms with Crippen molar-refractivity contribution in [2.75, 3.05) is 4.90 Å². The summed E-state index contributed by atoms with van der Waals surface area (Å²) in [7, 11) is 1.56. The van der Waals surface area contributed by atoms with Crippen LogP contribution in [0.4, 0.5) is 18.9 Å². The highest BCUT2D eigenvalue weighted by atomic mass is 19.4. The topological polar surface area (TPSA) is 38.1 Å². The molecular weight excluding hydrogens is 331 g/mol. The van der Waals surface area contributed by atoms with Crippen LogP contribution in [0.2, 0.25) is 0 Å². The van der Waals surface area contributed by atoms with Crippen LogP contribution in [0.15, 0.2) is 30.6 Å². The summed E-state index contributed by atoms with van der Waals surface area (Å²) in [6, 6.07) is 4.81. The Bertz CT molecular complexity index is 823. The number of halogens is 3. The van der Waals surface area contributed by atoms with Crippen LogP contribution < -0.4 is 4.90 Å². The molecule has 1 aliphatic rings. The summed E-state index contributed by atoms with van der Waals surface area (Å²) < 4.78 is 42.8. The van der Waals surface area contributed by atoms with Gasteiger partial charge in [0.2, 0.25) is 0 Å². The Hall–Kier alpha value is -2.31. The number of aryl methyl sites for hydroxylation is 1. The monoisotopic (exact) mass is 351 g/mol. The van der Waals surface area contributed by atoms with Crippen LogP contribution in [0.1, 0.15) is 54.6 Å². The Morgan fingerprint density at radius 3 is 2.60 bits per heavy atom. The third-order valence-electron chi connectivity index (χ3n) is 4.77. The van der Waals surface area contributed by atoms with E-state index in [1.165, 1.54) is 16.9 Å². The first-order chi connectivity index (χ1) is 11.5. The molecule has 0 aliphatic heterocycles. The van der Waals surface area contributed by atoms with Gasteiger partial charge < -0.3 is 0 Å². The largest absolute Gasteiger partial charge is 0.491 e. The van der Waals surface area contributed by atoms with Crippen LogP contribution in [0.5, 0.6) is 0 Å². The molecule has 0 spiro atoms. The minimum atomic E-state index is -4.82. The minimum Gasteiger partial charge on any atom is -0.275 e. The van der Waals surface area contributed by atoms with Gasteiger partial charge in [0.1, 0.15) is 0 Å². The summed E-state index contributed by atoms with van der Waals surface area (Å²) in [5.41, 5.74) is 1.06. The maximum atomic E-state index is 13.8. The van der Waals surface area contributed by atoms with Gasteiger partial charge in [-0.3, -0.25) is 9.48 Å². The van der Waals surface area contributed by atoms with E-state index in [4.69, 9.17) is 0 Å². The van der Waals surface area contributed by atoms with E-state index in [-0.39, 0.29) is 27.5 Å². The molecule has 1 aromatic carbocycles. The zero-order valence-corrected chi connectivity index (χ0v) is 14.6. The van der Waals surface area contributed by atoms with Gasteiger partial charge in [0.15, 0.2) is 0 Å². The number of carbonyl (C=O) groups is 1. The van der Waals surface area contributed by atoms with Gasteiger partial charge in [-0.2, -0.15) is 5.10 Å². The van der Waals surface area contributed by atoms with Crippen molar-refractivity contribution in [1.29, 1.82) is 0 Å². The second-order valence-corrected chi connectivity index (χ2v) is 7.24. The Balaban J connectivity index is 2.17. The summed E-state index contributed by atoms with van der Waals surface area (Å²) in [6.07, 6.45) is -1.64. The molecule has 0 saturated heterocycles. The fourth-order valence-electron chi connectivity index (χ4n) is 3.86. The van der Waals surface area contributed by atoms with Gasteiger partial charge in [0, 0.05) is 13.2 Å². The molecule has 1 atom stereocenters. The van der Waals surface area contributed by atoms with Gasteiger partial charge in [-0.1, -0.05) is 32.9 Å². The normalized spacial score (nSPS) is 18.9. The van der Waals surface area contributed by atoms with Crippen molar-refractivity contribution in [2.24, 2.45) is 7.05 Å². The standard InChI is InChI=1S/C18H20F3N3O/c1-11-8-17(2,3)13-6-5-7-14(15(11)13)24(18(19,20)21)16(25)12-9-22-23(4)10-12/h5-7,9-11H,8H2,1-4H3. The molecule has 3 rings (SSSR count). The zero-order valence-electron chi connectivity index (χ0n) is 14.6. The molecule has 0 bridgehead atoms. The highest BCUT2D eigenvalue weighted by molar-refractivity contribution is 6.06. The summed E-state index contributed by atoms with van der Waals surface area (Å²) in [4.78, 5) is 12.6. The van der Waals surface area contributed by atoms with Gasteiger partial charge in [-0.15, -0.1) is 13.2 Å². The van der Waals surface area contributed by atoms with Crippen molar-refractivity contribution in [3.05, 3.63) is 47.3 Å². The van der Waals surface area contributed by atoms with E-state index in [9.17, 15) is 18.0 Å². The van der Waals surface area contributed by atoms with Gasteiger partial charge >= 0.3 is 6.30 Å². The van der Waals surface area contributed by atoms with Gasteiger partial charge in [0.05, 0.1) is 17.4 Å². The second-order valence-electron chi connectivity index (χ2n) is 7.24. The molecule has 0 N–H and O–H groups in total. The Labute approximate surface area is 144 Å². The first-order valence-corrected chi connectivity index (χ1v) is 8.05. The number of hydrogen-bond donors (Lipinski definition) is 0. The van der Waals surface area contributed by atoms with Crippen molar-refractivity contribution in [3.8, 4) is 0 Å². The number of aromatic nitrogens is 2. The van der Waals surface area contributed by atoms with Crippen molar-refractivity contribution in [3.63, 3.8) is 0 Å². The number of amides is 1. The summed E-state index contributed by atoms with van der Waals surface area (Å²) >= 11 is 0. The number of anilines is 1. The predicted octanol–water partition coefficient (Wildman–Crippen LogP) is 4.37. The Morgan fingerprint density at radius 2 is 2.04 bits per heavy atom. The highest BCUT2D eigenvalue weighted by Gasteiger charge is 2.46. The summed E-state index contributed by atoms with van der Waals surface area (Å²) in [5, 5.41) is 3.81. The average Bonchev–Trinajstić information content (AvgIpc) is 3.00. The number of hydrogen-bond acceptors (Lipinski definition) is 2. The SMILES string of the molecule is CC1CC(C)(C)c2cccc(N(C(=O)c3cnn(C)c3)C(F)(F)F)c21. The van der Waals surface area contributed by atoms with Gasteiger partial charge in [0.25, 0.3) is 5.91 Å². The molecule has 0 fully saturated rings. The third kappa shape index (κ3) is 2.92. The maximum absolute atomic E-state index is 13.8. The van der Waals surface area contributed by atoms with E-state index in [2.05, 4.69) is 5.10 Å². The molecule has 0 saturated carbocycles. The van der Waals surface area contributed by atoms with E-state index in [1.807, 2.05) is 26.8 Å². The van der Waals surface area contributed by atoms with Crippen molar-refractivity contribution < 1.29 is 18.0 Å². The van der Waals surface area contributed by atoms with Crippen LogP contribution in [-0.4, -0.2) is 22.0 Å². The molecule has 1 heterocycles.